The summed E-state index contributed by atoms with van der Waals surface area (Å²) in [6.07, 6.45) is 0. The van der Waals surface area contributed by atoms with E-state index in [4.69, 9.17) is 4.42 Å². The molecule has 9 aromatic carbocycles. The highest BCUT2D eigenvalue weighted by Crippen LogP contribution is 2.46. The van der Waals surface area contributed by atoms with Crippen LogP contribution in [0.5, 0.6) is 0 Å². The number of rotatable bonds is 6. The molecule has 4 heteroatoms. The second-order valence-electron chi connectivity index (χ2n) is 14.9. The third-order valence-electron chi connectivity index (χ3n) is 11.6. The first-order chi connectivity index (χ1) is 28.8. The molecule has 0 saturated carbocycles. The van der Waals surface area contributed by atoms with Crippen LogP contribution in [0.25, 0.3) is 91.9 Å². The Labute approximate surface area is 338 Å². The third kappa shape index (κ3) is 5.12. The van der Waals surface area contributed by atoms with Crippen LogP contribution in [0.15, 0.2) is 211 Å². The number of fused-ring (bicyclic) bond motifs is 10. The zero-order valence-electron chi connectivity index (χ0n) is 31.3. The van der Waals surface area contributed by atoms with E-state index in [0.29, 0.717) is 0 Å². The van der Waals surface area contributed by atoms with E-state index in [1.54, 1.807) is 0 Å². The fourth-order valence-corrected chi connectivity index (χ4v) is 10.1. The molecule has 3 heterocycles. The zero-order valence-corrected chi connectivity index (χ0v) is 32.2. The zero-order chi connectivity index (χ0) is 38.2. The number of nitrogens with zero attached hydrogens (tertiary/aromatic N) is 2. The molecular weight excluding hydrogens is 725 g/mol. The standard InChI is InChI=1S/C54H34N2OS/c1-2-11-35(12-3-1)36-21-27-39(28-22-36)55(49-18-10-16-47-44-15-6-9-20-51(44)58-54(47)49)40-29-23-37(24-30-40)38-25-31-41(32-26-38)56-48-17-7-4-13-42(48)45-33-34-46-43-14-5-8-19-50(43)57-53(46)52(45)56/h1-34H. The maximum Gasteiger partial charge on any atom is 0.160 e. The summed E-state index contributed by atoms with van der Waals surface area (Å²) in [5, 5.41) is 7.25. The van der Waals surface area contributed by atoms with Gasteiger partial charge in [-0.25, -0.2) is 0 Å². The summed E-state index contributed by atoms with van der Waals surface area (Å²) >= 11 is 1.86. The predicted molar refractivity (Wildman–Crippen MR) is 247 cm³/mol. The fourth-order valence-electron chi connectivity index (χ4n) is 8.87. The predicted octanol–water partition coefficient (Wildman–Crippen LogP) is 15.9. The van der Waals surface area contributed by atoms with Crippen LogP contribution >= 0.6 is 11.3 Å². The number of furan rings is 1. The average Bonchev–Trinajstić information content (AvgIpc) is 3.98. The molecule has 0 spiro atoms. The first-order valence-corrected chi connectivity index (χ1v) is 20.5. The van der Waals surface area contributed by atoms with E-state index in [-0.39, 0.29) is 0 Å². The highest BCUT2D eigenvalue weighted by atomic mass is 32.1. The van der Waals surface area contributed by atoms with Gasteiger partial charge in [-0.15, -0.1) is 11.3 Å². The first-order valence-electron chi connectivity index (χ1n) is 19.7. The lowest BCUT2D eigenvalue weighted by atomic mass is 10.0. The summed E-state index contributed by atoms with van der Waals surface area (Å²) in [6.45, 7) is 0. The molecule has 0 fully saturated rings. The van der Waals surface area contributed by atoms with Crippen LogP contribution in [-0.4, -0.2) is 4.57 Å². The summed E-state index contributed by atoms with van der Waals surface area (Å²) in [5.41, 5.74) is 13.3. The van der Waals surface area contributed by atoms with Crippen LogP contribution in [0.2, 0.25) is 0 Å². The van der Waals surface area contributed by atoms with E-state index in [9.17, 15) is 0 Å². The van der Waals surface area contributed by atoms with Crippen LogP contribution in [0.3, 0.4) is 0 Å². The van der Waals surface area contributed by atoms with Gasteiger partial charge in [0.05, 0.1) is 21.4 Å². The Kier molecular flexibility index (Phi) is 7.40. The van der Waals surface area contributed by atoms with Crippen molar-refractivity contribution in [3.8, 4) is 27.9 Å². The molecule has 0 radical (unpaired) electrons. The monoisotopic (exact) mass is 758 g/mol. The van der Waals surface area contributed by atoms with Crippen LogP contribution in [0, 0.1) is 0 Å². The molecule has 0 amide bonds. The van der Waals surface area contributed by atoms with Crippen molar-refractivity contribution < 1.29 is 4.42 Å². The Morgan fingerprint density at radius 3 is 1.71 bits per heavy atom. The minimum atomic E-state index is 0.906. The summed E-state index contributed by atoms with van der Waals surface area (Å²) in [5.74, 6) is 0. The van der Waals surface area contributed by atoms with Gasteiger partial charge in [0.15, 0.2) is 5.58 Å². The Hall–Kier alpha value is -7.40. The quantitative estimate of drug-likeness (QED) is 0.168. The number of hydrogen-bond acceptors (Lipinski definition) is 3. The highest BCUT2D eigenvalue weighted by molar-refractivity contribution is 7.26. The van der Waals surface area contributed by atoms with Crippen molar-refractivity contribution in [2.24, 2.45) is 0 Å². The molecule has 0 aliphatic carbocycles. The second kappa shape index (κ2) is 13.1. The molecule has 3 nitrogen and oxygen atoms in total. The molecule has 0 atom stereocenters. The van der Waals surface area contributed by atoms with Crippen molar-refractivity contribution in [3.05, 3.63) is 206 Å². The van der Waals surface area contributed by atoms with E-state index in [2.05, 4.69) is 210 Å². The molecule has 3 aromatic heterocycles. The smallest absolute Gasteiger partial charge is 0.160 e. The Balaban J connectivity index is 0.950. The van der Waals surface area contributed by atoms with Crippen molar-refractivity contribution >= 4 is 92.3 Å². The van der Waals surface area contributed by atoms with Crippen LogP contribution in [0.1, 0.15) is 0 Å². The van der Waals surface area contributed by atoms with E-state index < -0.39 is 0 Å². The lowest BCUT2D eigenvalue weighted by molar-refractivity contribution is 0.671. The maximum atomic E-state index is 6.59. The number of thiophene rings is 1. The molecule has 0 unspecified atom stereocenters. The minimum Gasteiger partial charge on any atom is -0.454 e. The van der Waals surface area contributed by atoms with Gasteiger partial charge in [0.1, 0.15) is 5.58 Å². The van der Waals surface area contributed by atoms with Gasteiger partial charge in [0.25, 0.3) is 0 Å². The second-order valence-corrected chi connectivity index (χ2v) is 15.9. The SMILES string of the molecule is c1ccc(-c2ccc(N(c3ccc(-c4ccc(-n5c6ccccc6c6ccc7c8ccccc8oc7c65)cc4)cc3)c3cccc4c3sc3ccccc34)cc2)cc1. The first kappa shape index (κ1) is 32.8. The van der Waals surface area contributed by atoms with E-state index in [0.717, 1.165) is 61.2 Å². The van der Waals surface area contributed by atoms with E-state index in [1.807, 2.05) is 17.4 Å². The molecule has 0 N–H and O–H groups in total. The molecule has 0 aliphatic heterocycles. The highest BCUT2D eigenvalue weighted by Gasteiger charge is 2.20. The van der Waals surface area contributed by atoms with E-state index >= 15 is 0 Å². The number of hydrogen-bond donors (Lipinski definition) is 0. The Morgan fingerprint density at radius 1 is 0.397 bits per heavy atom. The van der Waals surface area contributed by atoms with Crippen molar-refractivity contribution in [1.29, 1.82) is 0 Å². The average molecular weight is 759 g/mol. The summed E-state index contributed by atoms with van der Waals surface area (Å²) in [7, 11) is 0. The van der Waals surface area contributed by atoms with Gasteiger partial charge in [-0.05, 0) is 89.0 Å². The van der Waals surface area contributed by atoms with E-state index in [1.165, 1.54) is 47.8 Å². The summed E-state index contributed by atoms with van der Waals surface area (Å²) in [4.78, 5) is 2.40. The number of anilines is 3. The summed E-state index contributed by atoms with van der Waals surface area (Å²) in [6, 6.07) is 74.3. The van der Waals surface area contributed by atoms with Gasteiger partial charge < -0.3 is 13.9 Å². The number of aromatic nitrogens is 1. The van der Waals surface area contributed by atoms with Gasteiger partial charge in [-0.2, -0.15) is 0 Å². The van der Waals surface area contributed by atoms with Crippen molar-refractivity contribution in [3.63, 3.8) is 0 Å². The normalized spacial score (nSPS) is 11.8. The Morgan fingerprint density at radius 2 is 0.966 bits per heavy atom. The van der Waals surface area contributed by atoms with Gasteiger partial charge in [-0.1, -0.05) is 140 Å². The van der Waals surface area contributed by atoms with Gasteiger partial charge >= 0.3 is 0 Å². The summed E-state index contributed by atoms with van der Waals surface area (Å²) < 4.78 is 11.5. The number of para-hydroxylation sites is 2. The largest absolute Gasteiger partial charge is 0.454 e. The topological polar surface area (TPSA) is 21.3 Å². The molecule has 272 valence electrons. The van der Waals surface area contributed by atoms with Crippen molar-refractivity contribution in [2.75, 3.05) is 4.90 Å². The van der Waals surface area contributed by atoms with Gasteiger partial charge in [0, 0.05) is 54.1 Å². The van der Waals surface area contributed by atoms with Crippen molar-refractivity contribution in [2.45, 2.75) is 0 Å². The molecule has 12 rings (SSSR count). The van der Waals surface area contributed by atoms with Gasteiger partial charge in [-0.3, -0.25) is 0 Å². The lowest BCUT2D eigenvalue weighted by Gasteiger charge is -2.26. The molecule has 0 saturated heterocycles. The molecule has 12 aromatic rings. The van der Waals surface area contributed by atoms with Gasteiger partial charge in [0.2, 0.25) is 0 Å². The third-order valence-corrected chi connectivity index (χ3v) is 12.8. The van der Waals surface area contributed by atoms with Crippen LogP contribution < -0.4 is 4.90 Å². The van der Waals surface area contributed by atoms with Crippen molar-refractivity contribution in [1.82, 2.24) is 4.57 Å². The van der Waals surface area contributed by atoms with Crippen LogP contribution in [-0.2, 0) is 0 Å². The maximum absolute atomic E-state index is 6.59. The molecule has 0 aliphatic rings. The Bertz CT molecular complexity index is 3480. The molecule has 0 bridgehead atoms. The fraction of sp³-hybridized carbons (Fsp3) is 0. The number of benzene rings is 9. The lowest BCUT2D eigenvalue weighted by Crippen LogP contribution is -2.10. The minimum absolute atomic E-state index is 0.906. The molecule has 58 heavy (non-hydrogen) atoms. The molecular formula is C54H34N2OS. The van der Waals surface area contributed by atoms with Crippen LogP contribution in [0.4, 0.5) is 17.1 Å².